The Bertz CT molecular complexity index is 895. The van der Waals surface area contributed by atoms with Crippen molar-refractivity contribution in [3.63, 3.8) is 0 Å². The zero-order chi connectivity index (χ0) is 22.3. The number of carbonyl (C=O) groups excluding carboxylic acids is 1. The Labute approximate surface area is 183 Å². The topological polar surface area (TPSA) is 87.7 Å². The molecule has 0 spiro atoms. The number of amides is 1. The molecule has 7 nitrogen and oxygen atoms in total. The van der Waals surface area contributed by atoms with Crippen molar-refractivity contribution in [3.05, 3.63) is 46.7 Å². The van der Waals surface area contributed by atoms with E-state index in [1.54, 1.807) is 23.5 Å². The smallest absolute Gasteiger partial charge is 0.241 e. The summed E-state index contributed by atoms with van der Waals surface area (Å²) in [5.74, 6) is 0.374. The van der Waals surface area contributed by atoms with E-state index in [1.807, 2.05) is 50.4 Å². The van der Waals surface area contributed by atoms with Crippen LogP contribution < -0.4 is 14.8 Å². The lowest BCUT2D eigenvalue weighted by Crippen LogP contribution is -2.48. The first kappa shape index (κ1) is 24.3. The summed E-state index contributed by atoms with van der Waals surface area (Å²) >= 11 is 1.63. The van der Waals surface area contributed by atoms with Gasteiger partial charge in [-0.05, 0) is 62.1 Å². The first-order valence-electron chi connectivity index (χ1n) is 9.78. The fourth-order valence-corrected chi connectivity index (χ4v) is 5.16. The molecule has 2 unspecified atom stereocenters. The normalized spacial score (nSPS) is 14.0. The van der Waals surface area contributed by atoms with Crippen molar-refractivity contribution in [3.8, 4) is 5.75 Å². The number of methoxy groups -OCH3 is 1. The van der Waals surface area contributed by atoms with E-state index < -0.39 is 16.1 Å². The summed E-state index contributed by atoms with van der Waals surface area (Å²) in [7, 11) is 1.57. The summed E-state index contributed by atoms with van der Waals surface area (Å²) in [5, 5.41) is 4.93. The highest BCUT2D eigenvalue weighted by molar-refractivity contribution is 7.89. The highest BCUT2D eigenvalue weighted by Gasteiger charge is 2.27. The summed E-state index contributed by atoms with van der Waals surface area (Å²) in [6.45, 7) is 4.30. The summed E-state index contributed by atoms with van der Waals surface area (Å²) in [6.07, 6.45) is 0.396. The van der Waals surface area contributed by atoms with Crippen LogP contribution >= 0.6 is 11.3 Å². The average molecular weight is 454 g/mol. The van der Waals surface area contributed by atoms with E-state index >= 15 is 0 Å². The molecule has 0 aliphatic heterocycles. The van der Waals surface area contributed by atoms with Gasteiger partial charge in [-0.15, -0.1) is 11.3 Å². The second kappa shape index (κ2) is 10.9. The zero-order valence-electron chi connectivity index (χ0n) is 18.1. The van der Waals surface area contributed by atoms with Crippen LogP contribution in [0.3, 0.4) is 0 Å². The van der Waals surface area contributed by atoms with Gasteiger partial charge in [-0.1, -0.05) is 19.9 Å². The molecule has 0 fully saturated rings. The molecule has 1 heterocycles. The summed E-state index contributed by atoms with van der Waals surface area (Å²) in [6, 6.07) is 9.25. The van der Waals surface area contributed by atoms with Gasteiger partial charge >= 0.3 is 0 Å². The molecule has 9 heteroatoms. The highest BCUT2D eigenvalue weighted by Crippen LogP contribution is 2.22. The number of thiophene rings is 1. The van der Waals surface area contributed by atoms with E-state index in [-0.39, 0.29) is 22.8 Å². The Balaban J connectivity index is 2.12. The van der Waals surface area contributed by atoms with Crippen molar-refractivity contribution >= 4 is 27.3 Å². The lowest BCUT2D eigenvalue weighted by molar-refractivity contribution is -0.123. The maximum absolute atomic E-state index is 12.9. The van der Waals surface area contributed by atoms with Gasteiger partial charge in [0.15, 0.2) is 0 Å². The van der Waals surface area contributed by atoms with Crippen LogP contribution in [0.15, 0.2) is 46.7 Å². The number of ether oxygens (including phenoxy) is 1. The molecule has 2 N–H and O–H groups in total. The number of rotatable bonds is 11. The van der Waals surface area contributed by atoms with Crippen LogP contribution in [0.2, 0.25) is 0 Å². The van der Waals surface area contributed by atoms with Gasteiger partial charge in [-0.3, -0.25) is 4.79 Å². The molecule has 1 amide bonds. The number of benzene rings is 1. The van der Waals surface area contributed by atoms with E-state index in [1.165, 1.54) is 19.2 Å². The van der Waals surface area contributed by atoms with Crippen LogP contribution in [-0.4, -0.2) is 53.0 Å². The predicted octanol–water partition coefficient (Wildman–Crippen LogP) is 2.87. The first-order chi connectivity index (χ1) is 14.1. The third-order valence-electron chi connectivity index (χ3n) is 4.66. The van der Waals surface area contributed by atoms with Gasteiger partial charge in [0.25, 0.3) is 0 Å². The van der Waals surface area contributed by atoms with Crippen molar-refractivity contribution in [1.82, 2.24) is 14.9 Å². The maximum Gasteiger partial charge on any atom is 0.241 e. The van der Waals surface area contributed by atoms with E-state index in [0.29, 0.717) is 18.7 Å². The minimum atomic E-state index is -3.85. The third-order valence-corrected chi connectivity index (χ3v) is 7.12. The molecule has 0 saturated heterocycles. The quantitative estimate of drug-likeness (QED) is 0.546. The molecule has 2 rings (SSSR count). The van der Waals surface area contributed by atoms with Crippen molar-refractivity contribution in [1.29, 1.82) is 0 Å². The fraction of sp³-hybridized carbons (Fsp3) is 0.476. The second-order valence-corrected chi connectivity index (χ2v) is 10.4. The van der Waals surface area contributed by atoms with E-state index in [9.17, 15) is 13.2 Å². The highest BCUT2D eigenvalue weighted by atomic mass is 32.2. The predicted molar refractivity (Wildman–Crippen MR) is 120 cm³/mol. The standard InChI is InChI=1S/C21H31N3O4S2/c1-15(2)13-18(23-30(26,27)17-10-8-16(28-5)9-11-17)21(25)22-14-19(24(3)4)20-7-6-12-29-20/h6-12,15,18-19,23H,13-14H2,1-5H3,(H,22,25). The average Bonchev–Trinajstić information content (AvgIpc) is 3.21. The summed E-state index contributed by atoms with van der Waals surface area (Å²) in [5.41, 5.74) is 0. The van der Waals surface area contributed by atoms with Crippen LogP contribution in [0.5, 0.6) is 5.75 Å². The Morgan fingerprint density at radius 3 is 2.33 bits per heavy atom. The number of hydrogen-bond donors (Lipinski definition) is 2. The van der Waals surface area contributed by atoms with Crippen LogP contribution in [0.4, 0.5) is 0 Å². The second-order valence-electron chi connectivity index (χ2n) is 7.72. The fourth-order valence-electron chi connectivity index (χ4n) is 3.03. The maximum atomic E-state index is 12.9. The zero-order valence-corrected chi connectivity index (χ0v) is 19.7. The minimum absolute atomic E-state index is 0.0202. The van der Waals surface area contributed by atoms with Crippen molar-refractivity contribution in [2.45, 2.75) is 37.2 Å². The van der Waals surface area contributed by atoms with Crippen LogP contribution in [0, 0.1) is 5.92 Å². The Morgan fingerprint density at radius 1 is 1.17 bits per heavy atom. The number of likely N-dealkylation sites (N-methyl/N-ethyl adjacent to an activating group) is 1. The van der Waals surface area contributed by atoms with E-state index in [4.69, 9.17) is 4.74 Å². The molecule has 0 radical (unpaired) electrons. The lowest BCUT2D eigenvalue weighted by atomic mass is 10.0. The number of nitrogens with zero attached hydrogens (tertiary/aromatic N) is 1. The molecule has 0 aliphatic rings. The van der Waals surface area contributed by atoms with Gasteiger partial charge in [-0.25, -0.2) is 8.42 Å². The van der Waals surface area contributed by atoms with Gasteiger partial charge in [0.05, 0.1) is 18.0 Å². The molecule has 1 aromatic carbocycles. The van der Waals surface area contributed by atoms with Gasteiger partial charge in [-0.2, -0.15) is 4.72 Å². The van der Waals surface area contributed by atoms with Gasteiger partial charge in [0.2, 0.25) is 15.9 Å². The Kier molecular flexibility index (Phi) is 8.84. The van der Waals surface area contributed by atoms with Crippen LogP contribution in [-0.2, 0) is 14.8 Å². The lowest BCUT2D eigenvalue weighted by Gasteiger charge is -2.26. The SMILES string of the molecule is COc1ccc(S(=O)(=O)NC(CC(C)C)C(=O)NCC(c2cccs2)N(C)C)cc1. The molecule has 30 heavy (non-hydrogen) atoms. The largest absolute Gasteiger partial charge is 0.497 e. The monoisotopic (exact) mass is 453 g/mol. The summed E-state index contributed by atoms with van der Waals surface area (Å²) in [4.78, 5) is 16.2. The number of carbonyl (C=O) groups is 1. The molecule has 1 aromatic heterocycles. The first-order valence-corrected chi connectivity index (χ1v) is 12.1. The Morgan fingerprint density at radius 2 is 1.83 bits per heavy atom. The molecule has 2 aromatic rings. The van der Waals surface area contributed by atoms with Crippen molar-refractivity contribution in [2.75, 3.05) is 27.7 Å². The third kappa shape index (κ3) is 6.80. The molecule has 166 valence electrons. The van der Waals surface area contributed by atoms with E-state index in [2.05, 4.69) is 10.0 Å². The van der Waals surface area contributed by atoms with Crippen LogP contribution in [0.1, 0.15) is 31.2 Å². The van der Waals surface area contributed by atoms with E-state index in [0.717, 1.165) is 4.88 Å². The van der Waals surface area contributed by atoms with Gasteiger partial charge < -0.3 is 15.0 Å². The Hall–Kier alpha value is -1.94. The van der Waals surface area contributed by atoms with Gasteiger partial charge in [0.1, 0.15) is 11.8 Å². The number of hydrogen-bond acceptors (Lipinski definition) is 6. The molecule has 0 aliphatic carbocycles. The molecule has 2 atom stereocenters. The molecule has 0 bridgehead atoms. The number of nitrogens with one attached hydrogen (secondary N) is 2. The number of sulfonamides is 1. The van der Waals surface area contributed by atoms with Gasteiger partial charge in [0, 0.05) is 11.4 Å². The molecular formula is C21H31N3O4S2. The van der Waals surface area contributed by atoms with Crippen LogP contribution in [0.25, 0.3) is 0 Å². The summed E-state index contributed by atoms with van der Waals surface area (Å²) < 4.78 is 33.3. The van der Waals surface area contributed by atoms with Crippen molar-refractivity contribution in [2.24, 2.45) is 5.92 Å². The molecular weight excluding hydrogens is 422 g/mol. The minimum Gasteiger partial charge on any atom is -0.497 e. The van der Waals surface area contributed by atoms with Crippen molar-refractivity contribution < 1.29 is 17.9 Å². The molecule has 0 saturated carbocycles.